The number of para-hydroxylation sites is 1. The third kappa shape index (κ3) is 5.42. The van der Waals surface area contributed by atoms with E-state index in [0.29, 0.717) is 18.8 Å². The average Bonchev–Trinajstić information content (AvgIpc) is 2.56. The van der Waals surface area contributed by atoms with Crippen molar-refractivity contribution in [3.8, 4) is 5.75 Å². The van der Waals surface area contributed by atoms with E-state index >= 15 is 0 Å². The van der Waals surface area contributed by atoms with Crippen molar-refractivity contribution >= 4 is 11.6 Å². The van der Waals surface area contributed by atoms with Crippen molar-refractivity contribution in [1.29, 1.82) is 0 Å². The first-order valence-electron chi connectivity index (χ1n) is 8.06. The number of hydrogen-bond acceptors (Lipinski definition) is 4. The van der Waals surface area contributed by atoms with Crippen LogP contribution in [0.15, 0.2) is 18.2 Å². The fourth-order valence-corrected chi connectivity index (χ4v) is 2.49. The number of halogens is 2. The topological polar surface area (TPSA) is 56.8 Å². The van der Waals surface area contributed by atoms with Crippen molar-refractivity contribution < 1.29 is 27.8 Å². The molecule has 1 aromatic rings. The maximum atomic E-state index is 12.5. The fraction of sp³-hybridized carbons (Fsp3) is 0.588. The van der Waals surface area contributed by atoms with Crippen LogP contribution in [-0.2, 0) is 14.3 Å². The van der Waals surface area contributed by atoms with Crippen molar-refractivity contribution in [2.75, 3.05) is 18.5 Å². The highest BCUT2D eigenvalue weighted by molar-refractivity contribution is 5.96. The second-order valence-electron chi connectivity index (χ2n) is 5.78. The molecule has 0 aliphatic carbocycles. The highest BCUT2D eigenvalue weighted by Crippen LogP contribution is 2.29. The van der Waals surface area contributed by atoms with Crippen LogP contribution >= 0.6 is 0 Å². The third-order valence-electron chi connectivity index (χ3n) is 3.87. The van der Waals surface area contributed by atoms with Crippen molar-refractivity contribution in [2.24, 2.45) is 0 Å². The van der Waals surface area contributed by atoms with E-state index in [-0.39, 0.29) is 17.5 Å². The van der Waals surface area contributed by atoms with Crippen LogP contribution in [-0.4, -0.2) is 37.9 Å². The molecule has 1 amide bonds. The number of nitrogens with one attached hydrogen (secondary N) is 1. The second kappa shape index (κ2) is 8.94. The van der Waals surface area contributed by atoms with Crippen LogP contribution in [0.1, 0.15) is 31.7 Å². The molecule has 1 fully saturated rings. The van der Waals surface area contributed by atoms with Gasteiger partial charge in [-0.1, -0.05) is 12.1 Å². The van der Waals surface area contributed by atoms with Gasteiger partial charge in [0.2, 0.25) is 0 Å². The molecule has 1 heterocycles. The Morgan fingerprint density at radius 3 is 2.88 bits per heavy atom. The first-order valence-corrected chi connectivity index (χ1v) is 8.06. The van der Waals surface area contributed by atoms with Gasteiger partial charge in [0.05, 0.1) is 18.4 Å². The van der Waals surface area contributed by atoms with Crippen molar-refractivity contribution in [1.82, 2.24) is 0 Å². The number of anilines is 1. The van der Waals surface area contributed by atoms with Crippen molar-refractivity contribution in [3.05, 3.63) is 23.8 Å². The number of alkyl halides is 2. The molecule has 134 valence electrons. The Bertz CT molecular complexity index is 547. The number of carbonyl (C=O) groups excluding carboxylic acids is 1. The highest BCUT2D eigenvalue weighted by Gasteiger charge is 2.21. The number of hydrogen-bond donors (Lipinski definition) is 1. The molecule has 1 N–H and O–H groups in total. The molecule has 0 aromatic heterocycles. The van der Waals surface area contributed by atoms with Gasteiger partial charge in [0.1, 0.15) is 11.9 Å². The summed E-state index contributed by atoms with van der Waals surface area (Å²) in [5, 5.41) is 2.61. The molecule has 24 heavy (non-hydrogen) atoms. The molecule has 2 atom stereocenters. The van der Waals surface area contributed by atoms with Crippen LogP contribution < -0.4 is 10.1 Å². The van der Waals surface area contributed by atoms with Crippen LogP contribution in [0.5, 0.6) is 5.75 Å². The Kier molecular flexibility index (Phi) is 6.93. The SMILES string of the molecule is Cc1cccc(OC(F)F)c1NC(=O)[C@@H](C)OC[C@H]1CCCCO1. The van der Waals surface area contributed by atoms with Gasteiger partial charge in [0, 0.05) is 6.61 Å². The Hall–Kier alpha value is -1.73. The van der Waals surface area contributed by atoms with Gasteiger partial charge in [-0.2, -0.15) is 8.78 Å². The maximum absolute atomic E-state index is 12.5. The lowest BCUT2D eigenvalue weighted by atomic mass is 10.1. The molecule has 1 saturated heterocycles. The van der Waals surface area contributed by atoms with Crippen LogP contribution in [0, 0.1) is 6.92 Å². The summed E-state index contributed by atoms with van der Waals surface area (Å²) in [6.45, 7) is 1.41. The molecule has 0 radical (unpaired) electrons. The summed E-state index contributed by atoms with van der Waals surface area (Å²) in [5.74, 6) is -0.486. The largest absolute Gasteiger partial charge is 0.433 e. The molecule has 1 aliphatic heterocycles. The smallest absolute Gasteiger partial charge is 0.387 e. The van der Waals surface area contributed by atoms with Gasteiger partial charge in [-0.25, -0.2) is 0 Å². The molecule has 7 heteroatoms. The first kappa shape index (κ1) is 18.6. The summed E-state index contributed by atoms with van der Waals surface area (Å²) < 4.78 is 40.5. The molecule has 5 nitrogen and oxygen atoms in total. The lowest BCUT2D eigenvalue weighted by molar-refractivity contribution is -0.130. The number of rotatable bonds is 7. The summed E-state index contributed by atoms with van der Waals surface area (Å²) in [6.07, 6.45) is 2.33. The lowest BCUT2D eigenvalue weighted by Gasteiger charge is -2.24. The van der Waals surface area contributed by atoms with Crippen LogP contribution in [0.2, 0.25) is 0 Å². The molecule has 1 aromatic carbocycles. The zero-order valence-electron chi connectivity index (χ0n) is 13.9. The van der Waals surface area contributed by atoms with Gasteiger partial charge in [-0.15, -0.1) is 0 Å². The minimum Gasteiger partial charge on any atom is -0.433 e. The van der Waals surface area contributed by atoms with E-state index in [1.807, 2.05) is 0 Å². The van der Waals surface area contributed by atoms with E-state index < -0.39 is 18.6 Å². The van der Waals surface area contributed by atoms with Crippen molar-refractivity contribution in [3.63, 3.8) is 0 Å². The Morgan fingerprint density at radius 2 is 2.21 bits per heavy atom. The molecular weight excluding hydrogens is 320 g/mol. The van der Waals surface area contributed by atoms with Gasteiger partial charge < -0.3 is 19.5 Å². The predicted molar refractivity (Wildman–Crippen MR) is 85.4 cm³/mol. The van der Waals surface area contributed by atoms with Gasteiger partial charge in [0.15, 0.2) is 0 Å². The Labute approximate surface area is 140 Å². The summed E-state index contributed by atoms with van der Waals surface area (Å²) >= 11 is 0. The van der Waals surface area contributed by atoms with Crippen LogP contribution in [0.4, 0.5) is 14.5 Å². The predicted octanol–water partition coefficient (Wildman–Crippen LogP) is 3.51. The van der Waals surface area contributed by atoms with E-state index in [9.17, 15) is 13.6 Å². The third-order valence-corrected chi connectivity index (χ3v) is 3.87. The molecule has 1 aliphatic rings. The van der Waals surface area contributed by atoms with E-state index in [1.54, 1.807) is 26.0 Å². The van der Waals surface area contributed by atoms with E-state index in [1.165, 1.54) is 6.07 Å². The van der Waals surface area contributed by atoms with Crippen LogP contribution in [0.25, 0.3) is 0 Å². The van der Waals surface area contributed by atoms with Gasteiger partial charge >= 0.3 is 6.61 Å². The van der Waals surface area contributed by atoms with E-state index in [2.05, 4.69) is 10.1 Å². The van der Waals surface area contributed by atoms with Crippen molar-refractivity contribution in [2.45, 2.75) is 51.9 Å². The molecule has 0 spiro atoms. The Morgan fingerprint density at radius 1 is 1.42 bits per heavy atom. The highest BCUT2D eigenvalue weighted by atomic mass is 19.3. The minimum absolute atomic E-state index is 0.00480. The minimum atomic E-state index is -2.96. The molecule has 2 rings (SSSR count). The number of benzene rings is 1. The van der Waals surface area contributed by atoms with Gasteiger partial charge in [-0.3, -0.25) is 4.79 Å². The second-order valence-corrected chi connectivity index (χ2v) is 5.78. The summed E-state index contributed by atoms with van der Waals surface area (Å²) in [7, 11) is 0. The zero-order chi connectivity index (χ0) is 17.5. The maximum Gasteiger partial charge on any atom is 0.387 e. The zero-order valence-corrected chi connectivity index (χ0v) is 13.9. The number of carbonyl (C=O) groups is 1. The van der Waals surface area contributed by atoms with Gasteiger partial charge in [-0.05, 0) is 44.7 Å². The lowest BCUT2D eigenvalue weighted by Crippen LogP contribution is -2.33. The number of aryl methyl sites for hydroxylation is 1. The monoisotopic (exact) mass is 343 g/mol. The summed E-state index contributed by atoms with van der Waals surface area (Å²) in [6, 6.07) is 4.68. The Balaban J connectivity index is 1.93. The normalized spacial score (nSPS) is 19.1. The first-order chi connectivity index (χ1) is 11.5. The fourth-order valence-electron chi connectivity index (χ4n) is 2.49. The standard InChI is InChI=1S/C17H23F2NO4/c1-11-6-5-8-14(24-17(18)19)15(11)20-16(21)12(2)23-10-13-7-3-4-9-22-13/h5-6,8,12-13,17H,3-4,7,9-10H2,1-2H3,(H,20,21)/t12-,13-/m1/s1. The molecule has 0 bridgehead atoms. The number of amides is 1. The van der Waals surface area contributed by atoms with Crippen LogP contribution in [0.3, 0.4) is 0 Å². The summed E-state index contributed by atoms with van der Waals surface area (Å²) in [5.41, 5.74) is 0.858. The van der Waals surface area contributed by atoms with Gasteiger partial charge in [0.25, 0.3) is 5.91 Å². The molecule has 0 unspecified atom stereocenters. The quantitative estimate of drug-likeness (QED) is 0.823. The summed E-state index contributed by atoms with van der Waals surface area (Å²) in [4.78, 5) is 12.3. The molecular formula is C17H23F2NO4. The average molecular weight is 343 g/mol. The number of ether oxygens (including phenoxy) is 3. The van der Waals surface area contributed by atoms with E-state index in [4.69, 9.17) is 9.47 Å². The van der Waals surface area contributed by atoms with E-state index in [0.717, 1.165) is 19.3 Å². The molecule has 0 saturated carbocycles.